The molecule has 132 valence electrons. The number of carbonyl (C=O) groups is 2. The monoisotopic (exact) mass is 347 g/mol. The van der Waals surface area contributed by atoms with Gasteiger partial charge in [-0.15, -0.1) is 0 Å². The van der Waals surface area contributed by atoms with Crippen LogP contribution in [0.2, 0.25) is 0 Å². The highest BCUT2D eigenvalue weighted by Gasteiger charge is 2.13. The number of rotatable bonds is 8. The van der Waals surface area contributed by atoms with Crippen LogP contribution in [0.1, 0.15) is 10.4 Å². The number of para-hydroxylation sites is 1. The third kappa shape index (κ3) is 5.80. The first-order chi connectivity index (χ1) is 12.1. The maximum absolute atomic E-state index is 12.7. The van der Waals surface area contributed by atoms with Crippen molar-refractivity contribution < 1.29 is 28.2 Å². The Morgan fingerprint density at radius 3 is 2.48 bits per heavy atom. The van der Waals surface area contributed by atoms with Gasteiger partial charge in [0.1, 0.15) is 37.1 Å². The zero-order valence-corrected chi connectivity index (χ0v) is 13.7. The summed E-state index contributed by atoms with van der Waals surface area (Å²) in [6.07, 6.45) is 0. The Morgan fingerprint density at radius 2 is 1.76 bits per heavy atom. The number of esters is 1. The summed E-state index contributed by atoms with van der Waals surface area (Å²) in [7, 11) is 1.46. The van der Waals surface area contributed by atoms with Crippen LogP contribution >= 0.6 is 0 Å². The molecule has 0 heterocycles. The van der Waals surface area contributed by atoms with Crippen molar-refractivity contribution in [1.82, 2.24) is 5.32 Å². The number of amides is 1. The summed E-state index contributed by atoms with van der Waals surface area (Å²) in [5, 5.41) is 2.46. The van der Waals surface area contributed by atoms with E-state index in [0.29, 0.717) is 17.1 Å². The first kappa shape index (κ1) is 18.3. The fourth-order valence-corrected chi connectivity index (χ4v) is 1.98. The predicted octanol–water partition coefficient (Wildman–Crippen LogP) is 2.19. The molecule has 1 amide bonds. The van der Waals surface area contributed by atoms with E-state index in [1.165, 1.54) is 31.4 Å². The first-order valence-corrected chi connectivity index (χ1v) is 7.55. The van der Waals surface area contributed by atoms with Crippen molar-refractivity contribution in [2.24, 2.45) is 0 Å². The lowest BCUT2D eigenvalue weighted by molar-refractivity contribution is -0.143. The smallest absolute Gasteiger partial charge is 0.325 e. The van der Waals surface area contributed by atoms with Crippen molar-refractivity contribution >= 4 is 11.9 Å². The Morgan fingerprint density at radius 1 is 1.04 bits per heavy atom. The molecule has 0 radical (unpaired) electrons. The molecule has 1 N–H and O–H groups in total. The van der Waals surface area contributed by atoms with Crippen LogP contribution < -0.4 is 14.8 Å². The molecule has 25 heavy (non-hydrogen) atoms. The number of hydrogen-bond donors (Lipinski definition) is 1. The van der Waals surface area contributed by atoms with Crippen molar-refractivity contribution in [3.05, 3.63) is 59.9 Å². The Balaban J connectivity index is 1.68. The average Bonchev–Trinajstić information content (AvgIpc) is 2.64. The van der Waals surface area contributed by atoms with Gasteiger partial charge in [0.15, 0.2) is 0 Å². The second kappa shape index (κ2) is 9.27. The van der Waals surface area contributed by atoms with Gasteiger partial charge in [-0.05, 0) is 36.4 Å². The number of halogens is 1. The van der Waals surface area contributed by atoms with E-state index in [-0.39, 0.29) is 25.6 Å². The van der Waals surface area contributed by atoms with Crippen molar-refractivity contribution in [3.8, 4) is 11.5 Å². The molecule has 0 aliphatic heterocycles. The summed E-state index contributed by atoms with van der Waals surface area (Å²) in [4.78, 5) is 23.6. The summed E-state index contributed by atoms with van der Waals surface area (Å²) in [5.41, 5.74) is 0.331. The van der Waals surface area contributed by atoms with Crippen molar-refractivity contribution in [2.45, 2.75) is 0 Å². The average molecular weight is 347 g/mol. The minimum absolute atomic E-state index is 0.0146. The van der Waals surface area contributed by atoms with Gasteiger partial charge in [0, 0.05) is 0 Å². The van der Waals surface area contributed by atoms with Gasteiger partial charge in [-0.25, -0.2) is 4.39 Å². The highest BCUT2D eigenvalue weighted by atomic mass is 19.1. The Labute approximate surface area is 144 Å². The number of hydrogen-bond acceptors (Lipinski definition) is 5. The zero-order valence-electron chi connectivity index (χ0n) is 13.7. The SMILES string of the molecule is COc1ccccc1C(=O)NCC(=O)OCCOc1ccc(F)cc1. The molecule has 0 aliphatic rings. The Kier molecular flexibility index (Phi) is 6.76. The maximum atomic E-state index is 12.7. The Bertz CT molecular complexity index is 718. The normalized spacial score (nSPS) is 10.0. The molecule has 0 saturated heterocycles. The van der Waals surface area contributed by atoms with Crippen LogP contribution in [0.25, 0.3) is 0 Å². The van der Waals surface area contributed by atoms with Crippen LogP contribution in [0.4, 0.5) is 4.39 Å². The zero-order chi connectivity index (χ0) is 18.1. The molecule has 2 rings (SSSR count). The van der Waals surface area contributed by atoms with E-state index in [4.69, 9.17) is 14.2 Å². The summed E-state index contributed by atoms with van der Waals surface area (Å²) in [6.45, 7) is -0.133. The number of ether oxygens (including phenoxy) is 3. The molecule has 0 atom stereocenters. The maximum Gasteiger partial charge on any atom is 0.325 e. The minimum Gasteiger partial charge on any atom is -0.496 e. The van der Waals surface area contributed by atoms with Crippen LogP contribution in [-0.2, 0) is 9.53 Å². The molecular formula is C18H18FNO5. The van der Waals surface area contributed by atoms with Gasteiger partial charge in [0.2, 0.25) is 0 Å². The van der Waals surface area contributed by atoms with Gasteiger partial charge in [-0.3, -0.25) is 9.59 Å². The van der Waals surface area contributed by atoms with Gasteiger partial charge < -0.3 is 19.5 Å². The topological polar surface area (TPSA) is 73.9 Å². The van der Waals surface area contributed by atoms with Crippen molar-refractivity contribution in [1.29, 1.82) is 0 Å². The number of nitrogens with one attached hydrogen (secondary N) is 1. The third-order valence-electron chi connectivity index (χ3n) is 3.17. The van der Waals surface area contributed by atoms with Crippen LogP contribution in [0.15, 0.2) is 48.5 Å². The lowest BCUT2D eigenvalue weighted by atomic mass is 10.2. The minimum atomic E-state index is -0.592. The molecule has 0 saturated carbocycles. The lowest BCUT2D eigenvalue weighted by Crippen LogP contribution is -2.31. The highest BCUT2D eigenvalue weighted by molar-refractivity contribution is 5.98. The van der Waals surface area contributed by atoms with E-state index in [2.05, 4.69) is 5.32 Å². The van der Waals surface area contributed by atoms with E-state index in [1.54, 1.807) is 24.3 Å². The number of carbonyl (C=O) groups excluding carboxylic acids is 2. The standard InChI is InChI=1S/C18H18FNO5/c1-23-16-5-3-2-4-15(16)18(22)20-12-17(21)25-11-10-24-14-8-6-13(19)7-9-14/h2-9H,10-12H2,1H3,(H,20,22). The van der Waals surface area contributed by atoms with E-state index >= 15 is 0 Å². The molecule has 0 spiro atoms. The summed E-state index contributed by atoms with van der Waals surface area (Å²) >= 11 is 0. The van der Waals surface area contributed by atoms with Crippen molar-refractivity contribution in [3.63, 3.8) is 0 Å². The molecule has 2 aromatic carbocycles. The van der Waals surface area contributed by atoms with Crippen LogP contribution in [0, 0.1) is 5.82 Å². The Hall–Kier alpha value is -3.09. The van der Waals surface area contributed by atoms with Crippen LogP contribution in [0.3, 0.4) is 0 Å². The molecule has 0 bridgehead atoms. The summed E-state index contributed by atoms with van der Waals surface area (Å²) < 4.78 is 28.1. The largest absolute Gasteiger partial charge is 0.496 e. The van der Waals surface area contributed by atoms with Gasteiger partial charge >= 0.3 is 5.97 Å². The van der Waals surface area contributed by atoms with Crippen LogP contribution in [-0.4, -0.2) is 38.7 Å². The second-order valence-electron chi connectivity index (χ2n) is 4.91. The van der Waals surface area contributed by atoms with Crippen LogP contribution in [0.5, 0.6) is 11.5 Å². The molecular weight excluding hydrogens is 329 g/mol. The highest BCUT2D eigenvalue weighted by Crippen LogP contribution is 2.16. The molecule has 0 fully saturated rings. The van der Waals surface area contributed by atoms with Gasteiger partial charge in [0.25, 0.3) is 5.91 Å². The third-order valence-corrected chi connectivity index (χ3v) is 3.17. The number of methoxy groups -OCH3 is 1. The van der Waals surface area contributed by atoms with Gasteiger partial charge in [-0.2, -0.15) is 0 Å². The van der Waals surface area contributed by atoms with E-state index in [9.17, 15) is 14.0 Å². The van der Waals surface area contributed by atoms with Gasteiger partial charge in [-0.1, -0.05) is 12.1 Å². The lowest BCUT2D eigenvalue weighted by Gasteiger charge is -2.10. The quantitative estimate of drug-likeness (QED) is 0.585. The molecule has 0 unspecified atom stereocenters. The van der Waals surface area contributed by atoms with E-state index in [0.717, 1.165) is 0 Å². The van der Waals surface area contributed by atoms with Crippen molar-refractivity contribution in [2.75, 3.05) is 26.9 Å². The summed E-state index contributed by atoms with van der Waals surface area (Å²) in [6, 6.07) is 12.2. The second-order valence-corrected chi connectivity index (χ2v) is 4.91. The molecule has 2 aromatic rings. The fraction of sp³-hybridized carbons (Fsp3) is 0.222. The predicted molar refractivity (Wildman–Crippen MR) is 88.2 cm³/mol. The molecule has 6 nitrogen and oxygen atoms in total. The van der Waals surface area contributed by atoms with Gasteiger partial charge in [0.05, 0.1) is 12.7 Å². The molecule has 7 heteroatoms. The molecule has 0 aromatic heterocycles. The molecule has 0 aliphatic carbocycles. The van der Waals surface area contributed by atoms with E-state index in [1.807, 2.05) is 0 Å². The number of benzene rings is 2. The fourth-order valence-electron chi connectivity index (χ4n) is 1.98. The first-order valence-electron chi connectivity index (χ1n) is 7.55. The van der Waals surface area contributed by atoms with E-state index < -0.39 is 11.9 Å². The summed E-state index contributed by atoms with van der Waals surface area (Å²) in [5.74, 6) is -0.490.